The van der Waals surface area contributed by atoms with Crippen molar-refractivity contribution in [2.75, 3.05) is 0 Å². The topological polar surface area (TPSA) is 17.1 Å². The highest BCUT2D eigenvalue weighted by Gasteiger charge is 2.02. The van der Waals surface area contributed by atoms with Crippen LogP contribution in [0.4, 0.5) is 0 Å². The van der Waals surface area contributed by atoms with E-state index in [2.05, 4.69) is 0 Å². The van der Waals surface area contributed by atoms with E-state index in [4.69, 9.17) is 0 Å². The molecule has 0 spiro atoms. The minimum absolute atomic E-state index is 0.878. The predicted molar refractivity (Wildman–Crippen MR) is 70.4 cm³/mol. The Morgan fingerprint density at radius 3 is 1.62 bits per heavy atom. The van der Waals surface area contributed by atoms with Crippen LogP contribution in [0.15, 0.2) is 66.5 Å². The third kappa shape index (κ3) is 2.50. The van der Waals surface area contributed by atoms with E-state index in [9.17, 15) is 4.57 Å². The molecule has 0 amide bonds. The van der Waals surface area contributed by atoms with Gasteiger partial charge in [0.05, 0.1) is 8.46 Å². The van der Waals surface area contributed by atoms with Gasteiger partial charge in [0.25, 0.3) is 0 Å². The highest BCUT2D eigenvalue weighted by molar-refractivity contribution is 7.28. The van der Waals surface area contributed by atoms with Gasteiger partial charge in [-0.25, -0.2) is 0 Å². The van der Waals surface area contributed by atoms with E-state index in [0.29, 0.717) is 0 Å². The van der Waals surface area contributed by atoms with Gasteiger partial charge < -0.3 is 4.57 Å². The van der Waals surface area contributed by atoms with Crippen molar-refractivity contribution in [1.82, 2.24) is 0 Å². The van der Waals surface area contributed by atoms with Crippen molar-refractivity contribution in [3.05, 3.63) is 77.6 Å². The summed E-state index contributed by atoms with van der Waals surface area (Å²) in [5, 5.41) is 0. The van der Waals surface area contributed by atoms with E-state index in [1.165, 1.54) is 0 Å². The van der Waals surface area contributed by atoms with Crippen molar-refractivity contribution in [2.45, 2.75) is 0 Å². The lowest BCUT2D eigenvalue weighted by Crippen LogP contribution is -1.85. The van der Waals surface area contributed by atoms with Crippen molar-refractivity contribution in [2.24, 2.45) is 0 Å². The van der Waals surface area contributed by atoms with Crippen LogP contribution in [0.25, 0.3) is 5.57 Å². The number of benzene rings is 2. The molecule has 80 valence electrons. The van der Waals surface area contributed by atoms with Gasteiger partial charge in [0.15, 0.2) is 0 Å². The van der Waals surface area contributed by atoms with Crippen LogP contribution in [-0.2, 0) is 4.57 Å². The fourth-order valence-corrected chi connectivity index (χ4v) is 2.18. The average Bonchev–Trinajstić information content (AvgIpc) is 2.38. The molecule has 2 aromatic carbocycles. The van der Waals surface area contributed by atoms with E-state index >= 15 is 0 Å². The predicted octanol–water partition coefficient (Wildman–Crippen LogP) is 3.83. The summed E-state index contributed by atoms with van der Waals surface area (Å²) in [5.74, 6) is 1.81. The molecule has 0 N–H and O–H groups in total. The molecule has 2 heteroatoms. The number of hydrogen-bond donors (Lipinski definition) is 0. The van der Waals surface area contributed by atoms with Gasteiger partial charge in [-0.2, -0.15) is 0 Å². The maximum absolute atomic E-state index is 10.9. The van der Waals surface area contributed by atoms with Gasteiger partial charge >= 0.3 is 0 Å². The smallest absolute Gasteiger partial charge is 0.0858 e. The zero-order valence-electron chi connectivity index (χ0n) is 8.84. The molecule has 0 saturated heterocycles. The Bertz CT molecular complexity index is 447. The Kier molecular flexibility index (Phi) is 3.74. The molecule has 2 aromatic rings. The van der Waals surface area contributed by atoms with Gasteiger partial charge in [-0.05, 0) is 22.5 Å². The fraction of sp³-hybridized carbons (Fsp3) is 0. The third-order valence-corrected chi connectivity index (χ3v) is 2.87. The van der Waals surface area contributed by atoms with Crippen molar-refractivity contribution < 1.29 is 4.57 Å². The van der Waals surface area contributed by atoms with Crippen molar-refractivity contribution in [1.29, 1.82) is 0 Å². The van der Waals surface area contributed by atoms with Crippen molar-refractivity contribution in [3.63, 3.8) is 0 Å². The molecule has 0 bridgehead atoms. The summed E-state index contributed by atoms with van der Waals surface area (Å²) in [6, 6.07) is 20.1. The number of hydrogen-bond acceptors (Lipinski definition) is 1. The van der Waals surface area contributed by atoms with Gasteiger partial charge in [0.1, 0.15) is 0 Å². The van der Waals surface area contributed by atoms with Crippen LogP contribution in [0.2, 0.25) is 0 Å². The molecule has 0 radical (unpaired) electrons. The summed E-state index contributed by atoms with van der Waals surface area (Å²) in [5.41, 5.74) is 3.26. The lowest BCUT2D eigenvalue weighted by molar-refractivity contribution is 0.603. The molecule has 0 fully saturated rings. The molecular weight excluding hydrogens is 215 g/mol. The Morgan fingerprint density at radius 2 is 1.25 bits per heavy atom. The molecule has 0 aliphatic rings. The van der Waals surface area contributed by atoms with Crippen LogP contribution in [0, 0.1) is 0 Å². The quantitative estimate of drug-likeness (QED) is 0.729. The van der Waals surface area contributed by atoms with Gasteiger partial charge in [-0.1, -0.05) is 60.7 Å². The Balaban J connectivity index is 2.48. The highest BCUT2D eigenvalue weighted by Crippen LogP contribution is 2.25. The summed E-state index contributed by atoms with van der Waals surface area (Å²) in [4.78, 5) is 0. The van der Waals surface area contributed by atoms with Crippen molar-refractivity contribution >= 4 is 14.0 Å². The molecule has 1 nitrogen and oxygen atoms in total. The molecule has 0 saturated carbocycles. The van der Waals surface area contributed by atoms with E-state index in [1.54, 1.807) is 0 Å². The normalized spacial score (nSPS) is 10.5. The van der Waals surface area contributed by atoms with Crippen LogP contribution in [0.1, 0.15) is 11.1 Å². The molecule has 1 atom stereocenters. The second-order valence-corrected chi connectivity index (χ2v) is 4.05. The molecular formula is C14H13OP. The monoisotopic (exact) mass is 228 g/mol. The van der Waals surface area contributed by atoms with E-state index in [1.807, 2.05) is 66.5 Å². The molecule has 0 aromatic heterocycles. The van der Waals surface area contributed by atoms with Gasteiger partial charge in [0, 0.05) is 0 Å². The Labute approximate surface area is 96.6 Å². The summed E-state index contributed by atoms with van der Waals surface area (Å²) in [6.07, 6.45) is 0. The molecule has 0 aliphatic heterocycles. The molecule has 2 rings (SSSR count). The lowest BCUT2D eigenvalue weighted by Gasteiger charge is -2.06. The summed E-state index contributed by atoms with van der Waals surface area (Å²) < 4.78 is 10.9. The maximum Gasteiger partial charge on any atom is 0.0858 e. The minimum atomic E-state index is -0.878. The highest BCUT2D eigenvalue weighted by atomic mass is 31.1. The van der Waals surface area contributed by atoms with Crippen LogP contribution < -0.4 is 0 Å². The minimum Gasteiger partial charge on any atom is -0.326 e. The third-order valence-electron chi connectivity index (χ3n) is 2.40. The zero-order chi connectivity index (χ0) is 11.2. The standard InChI is InChI=1S/C14H13OP/c15-16-11-14(12-7-3-1-4-8-12)13-9-5-2-6-10-13/h1-11H,16H2. The SMILES string of the molecule is O=[PH2]C=C(c1ccccc1)c1ccccc1. The first-order chi connectivity index (χ1) is 7.92. The first-order valence-corrected chi connectivity index (χ1v) is 6.32. The summed E-state index contributed by atoms with van der Waals surface area (Å²) in [7, 11) is -0.878. The van der Waals surface area contributed by atoms with Gasteiger partial charge in [-0.3, -0.25) is 0 Å². The van der Waals surface area contributed by atoms with E-state index < -0.39 is 8.46 Å². The largest absolute Gasteiger partial charge is 0.326 e. The molecule has 16 heavy (non-hydrogen) atoms. The molecule has 0 heterocycles. The second kappa shape index (κ2) is 5.48. The Morgan fingerprint density at radius 1 is 0.812 bits per heavy atom. The summed E-state index contributed by atoms with van der Waals surface area (Å²) in [6.45, 7) is 0. The van der Waals surface area contributed by atoms with E-state index in [-0.39, 0.29) is 0 Å². The number of rotatable bonds is 3. The molecule has 0 aliphatic carbocycles. The van der Waals surface area contributed by atoms with Crippen molar-refractivity contribution in [3.8, 4) is 0 Å². The second-order valence-electron chi connectivity index (χ2n) is 3.45. The zero-order valence-corrected chi connectivity index (χ0v) is 9.99. The fourth-order valence-electron chi connectivity index (χ4n) is 1.66. The maximum atomic E-state index is 10.9. The molecule has 1 unspecified atom stereocenters. The lowest BCUT2D eigenvalue weighted by atomic mass is 10.00. The summed E-state index contributed by atoms with van der Waals surface area (Å²) >= 11 is 0. The van der Waals surface area contributed by atoms with E-state index in [0.717, 1.165) is 16.7 Å². The average molecular weight is 228 g/mol. The Hall–Kier alpha value is -1.59. The van der Waals surface area contributed by atoms with Gasteiger partial charge in [0.2, 0.25) is 0 Å². The van der Waals surface area contributed by atoms with Crippen LogP contribution in [0.5, 0.6) is 0 Å². The van der Waals surface area contributed by atoms with Crippen LogP contribution in [-0.4, -0.2) is 0 Å². The van der Waals surface area contributed by atoms with Crippen LogP contribution in [0.3, 0.4) is 0 Å². The first-order valence-electron chi connectivity index (χ1n) is 5.18. The first kappa shape index (κ1) is 10.9. The van der Waals surface area contributed by atoms with Gasteiger partial charge in [-0.15, -0.1) is 0 Å². The van der Waals surface area contributed by atoms with Crippen LogP contribution >= 0.6 is 8.46 Å².